The Morgan fingerprint density at radius 1 is 1.26 bits per heavy atom. The molecule has 0 amide bonds. The summed E-state index contributed by atoms with van der Waals surface area (Å²) in [4.78, 5) is 4.86. The van der Waals surface area contributed by atoms with E-state index in [4.69, 9.17) is 10.3 Å². The average molecular weight is 281 g/mol. The Kier molecular flexibility index (Phi) is 5.35. The molecule has 0 bridgehead atoms. The van der Waals surface area contributed by atoms with E-state index in [1.54, 1.807) is 18.2 Å². The van der Waals surface area contributed by atoms with Crippen LogP contribution in [-0.4, -0.2) is 16.7 Å². The standard InChI is InChI=1S/C13H16FN3OS/c14-10-5-1-2-6-11(10)19-9-12-16-13(18-17-12)7-3-4-8-15/h1-2,5-6H,3-4,7-9,15H2. The topological polar surface area (TPSA) is 64.9 Å². The molecule has 4 nitrogen and oxygen atoms in total. The summed E-state index contributed by atoms with van der Waals surface area (Å²) in [5.74, 6) is 1.49. The van der Waals surface area contributed by atoms with Gasteiger partial charge >= 0.3 is 0 Å². The summed E-state index contributed by atoms with van der Waals surface area (Å²) in [5.41, 5.74) is 5.42. The second-order valence-electron chi connectivity index (χ2n) is 4.07. The lowest BCUT2D eigenvalue weighted by Gasteiger charge is -1.99. The molecule has 1 aromatic carbocycles. The summed E-state index contributed by atoms with van der Waals surface area (Å²) in [6.07, 6.45) is 2.63. The molecule has 0 saturated heterocycles. The molecule has 0 saturated carbocycles. The Hall–Kier alpha value is -1.40. The Balaban J connectivity index is 1.85. The molecule has 0 aliphatic heterocycles. The van der Waals surface area contributed by atoms with Gasteiger partial charge in [-0.05, 0) is 31.5 Å². The van der Waals surface area contributed by atoms with Crippen LogP contribution in [0.25, 0.3) is 0 Å². The number of hydrogen-bond acceptors (Lipinski definition) is 5. The molecule has 0 radical (unpaired) electrons. The van der Waals surface area contributed by atoms with Crippen molar-refractivity contribution in [3.63, 3.8) is 0 Å². The van der Waals surface area contributed by atoms with Crippen molar-refractivity contribution in [2.24, 2.45) is 5.73 Å². The van der Waals surface area contributed by atoms with Crippen molar-refractivity contribution in [3.05, 3.63) is 41.8 Å². The molecule has 1 aromatic heterocycles. The van der Waals surface area contributed by atoms with Crippen molar-refractivity contribution >= 4 is 11.8 Å². The SMILES string of the molecule is NCCCCc1nc(CSc2ccccc2F)no1. The Morgan fingerprint density at radius 3 is 2.89 bits per heavy atom. The fraction of sp³-hybridized carbons (Fsp3) is 0.385. The monoisotopic (exact) mass is 281 g/mol. The van der Waals surface area contributed by atoms with Crippen LogP contribution in [-0.2, 0) is 12.2 Å². The van der Waals surface area contributed by atoms with Gasteiger partial charge < -0.3 is 10.3 Å². The molecule has 0 spiro atoms. The first-order valence-electron chi connectivity index (χ1n) is 6.18. The number of aromatic nitrogens is 2. The summed E-state index contributed by atoms with van der Waals surface area (Å²) in [7, 11) is 0. The number of unbranched alkanes of at least 4 members (excludes halogenated alkanes) is 1. The van der Waals surface area contributed by atoms with E-state index in [2.05, 4.69) is 10.1 Å². The Bertz CT molecular complexity index is 518. The predicted molar refractivity (Wildman–Crippen MR) is 72.3 cm³/mol. The molecular weight excluding hydrogens is 265 g/mol. The summed E-state index contributed by atoms with van der Waals surface area (Å²) >= 11 is 1.36. The molecule has 0 atom stereocenters. The summed E-state index contributed by atoms with van der Waals surface area (Å²) in [6.45, 7) is 0.671. The lowest BCUT2D eigenvalue weighted by Crippen LogP contribution is -1.99. The van der Waals surface area contributed by atoms with E-state index in [-0.39, 0.29) is 5.82 Å². The zero-order valence-corrected chi connectivity index (χ0v) is 11.3. The van der Waals surface area contributed by atoms with E-state index in [9.17, 15) is 4.39 Å². The van der Waals surface area contributed by atoms with Crippen LogP contribution in [0.3, 0.4) is 0 Å². The van der Waals surface area contributed by atoms with E-state index in [0.29, 0.717) is 28.9 Å². The molecule has 0 aliphatic rings. The van der Waals surface area contributed by atoms with Gasteiger partial charge in [0.25, 0.3) is 0 Å². The van der Waals surface area contributed by atoms with E-state index < -0.39 is 0 Å². The van der Waals surface area contributed by atoms with Gasteiger partial charge in [-0.2, -0.15) is 4.98 Å². The number of hydrogen-bond donors (Lipinski definition) is 1. The van der Waals surface area contributed by atoms with Crippen LogP contribution in [0, 0.1) is 5.82 Å². The fourth-order valence-corrected chi connectivity index (χ4v) is 2.36. The molecule has 6 heteroatoms. The molecule has 2 aromatic rings. The van der Waals surface area contributed by atoms with E-state index in [1.165, 1.54) is 17.8 Å². The predicted octanol–water partition coefficient (Wildman–Crippen LogP) is 2.78. The highest BCUT2D eigenvalue weighted by Crippen LogP contribution is 2.24. The zero-order chi connectivity index (χ0) is 13.5. The van der Waals surface area contributed by atoms with Crippen LogP contribution in [0.5, 0.6) is 0 Å². The summed E-state index contributed by atoms with van der Waals surface area (Å²) in [6, 6.07) is 6.65. The highest BCUT2D eigenvalue weighted by molar-refractivity contribution is 7.98. The molecule has 19 heavy (non-hydrogen) atoms. The minimum absolute atomic E-state index is 0.223. The van der Waals surface area contributed by atoms with Crippen molar-refractivity contribution in [1.82, 2.24) is 10.1 Å². The largest absolute Gasteiger partial charge is 0.339 e. The number of benzene rings is 1. The number of nitrogens with zero attached hydrogens (tertiary/aromatic N) is 2. The molecule has 2 rings (SSSR count). The van der Waals surface area contributed by atoms with Crippen molar-refractivity contribution in [1.29, 1.82) is 0 Å². The van der Waals surface area contributed by atoms with Gasteiger partial charge in [-0.1, -0.05) is 17.3 Å². The van der Waals surface area contributed by atoms with Gasteiger partial charge in [-0.3, -0.25) is 0 Å². The second kappa shape index (κ2) is 7.25. The molecule has 102 valence electrons. The Labute approximate surface area is 115 Å². The zero-order valence-electron chi connectivity index (χ0n) is 10.5. The van der Waals surface area contributed by atoms with E-state index in [0.717, 1.165) is 19.3 Å². The van der Waals surface area contributed by atoms with Gasteiger partial charge in [0.15, 0.2) is 5.82 Å². The first kappa shape index (κ1) is 14.0. The normalized spacial score (nSPS) is 10.8. The van der Waals surface area contributed by atoms with Crippen LogP contribution >= 0.6 is 11.8 Å². The van der Waals surface area contributed by atoms with Crippen molar-refractivity contribution in [2.75, 3.05) is 6.54 Å². The van der Waals surface area contributed by atoms with Gasteiger partial charge in [-0.15, -0.1) is 11.8 Å². The van der Waals surface area contributed by atoms with E-state index >= 15 is 0 Å². The molecule has 1 heterocycles. The third kappa shape index (κ3) is 4.33. The minimum Gasteiger partial charge on any atom is -0.339 e. The van der Waals surface area contributed by atoms with Crippen LogP contribution in [0.4, 0.5) is 4.39 Å². The third-order valence-corrected chi connectivity index (χ3v) is 3.59. The van der Waals surface area contributed by atoms with Gasteiger partial charge in [0, 0.05) is 11.3 Å². The lowest BCUT2D eigenvalue weighted by molar-refractivity contribution is 0.371. The van der Waals surface area contributed by atoms with Crippen LogP contribution in [0.2, 0.25) is 0 Å². The molecule has 0 aliphatic carbocycles. The van der Waals surface area contributed by atoms with Crippen LogP contribution < -0.4 is 5.73 Å². The molecule has 2 N–H and O–H groups in total. The molecule has 0 unspecified atom stereocenters. The minimum atomic E-state index is -0.223. The number of thioether (sulfide) groups is 1. The summed E-state index contributed by atoms with van der Waals surface area (Å²) < 4.78 is 18.5. The van der Waals surface area contributed by atoms with Crippen molar-refractivity contribution in [2.45, 2.75) is 29.9 Å². The lowest BCUT2D eigenvalue weighted by atomic mass is 10.2. The fourth-order valence-electron chi connectivity index (χ4n) is 1.57. The first-order chi connectivity index (χ1) is 9.29. The third-order valence-electron chi connectivity index (χ3n) is 2.55. The quantitative estimate of drug-likeness (QED) is 0.624. The molecule has 0 fully saturated rings. The van der Waals surface area contributed by atoms with Gasteiger partial charge in [0.2, 0.25) is 5.89 Å². The maximum absolute atomic E-state index is 13.4. The van der Waals surface area contributed by atoms with Gasteiger partial charge in [-0.25, -0.2) is 4.39 Å². The maximum Gasteiger partial charge on any atom is 0.226 e. The maximum atomic E-state index is 13.4. The van der Waals surface area contributed by atoms with Crippen LogP contribution in [0.1, 0.15) is 24.6 Å². The van der Waals surface area contributed by atoms with Crippen molar-refractivity contribution < 1.29 is 8.91 Å². The highest BCUT2D eigenvalue weighted by atomic mass is 32.2. The molecular formula is C13H16FN3OS. The van der Waals surface area contributed by atoms with Crippen molar-refractivity contribution in [3.8, 4) is 0 Å². The smallest absolute Gasteiger partial charge is 0.226 e. The van der Waals surface area contributed by atoms with Crippen LogP contribution in [0.15, 0.2) is 33.7 Å². The Morgan fingerprint density at radius 2 is 2.11 bits per heavy atom. The van der Waals surface area contributed by atoms with Gasteiger partial charge in [0.05, 0.1) is 5.75 Å². The van der Waals surface area contributed by atoms with Gasteiger partial charge in [0.1, 0.15) is 5.82 Å². The number of halogens is 1. The first-order valence-corrected chi connectivity index (χ1v) is 7.17. The second-order valence-corrected chi connectivity index (χ2v) is 5.09. The number of aryl methyl sites for hydroxylation is 1. The number of rotatable bonds is 7. The average Bonchev–Trinajstić information content (AvgIpc) is 2.86. The van der Waals surface area contributed by atoms with E-state index in [1.807, 2.05) is 0 Å². The highest BCUT2D eigenvalue weighted by Gasteiger charge is 2.08. The number of nitrogens with two attached hydrogens (primary N) is 1. The summed E-state index contributed by atoms with van der Waals surface area (Å²) in [5, 5.41) is 3.88.